The summed E-state index contributed by atoms with van der Waals surface area (Å²) in [6, 6.07) is 17.1. The maximum atomic E-state index is 12.9. The van der Waals surface area contributed by atoms with Gasteiger partial charge in [-0.05, 0) is 47.1 Å². The van der Waals surface area contributed by atoms with Crippen LogP contribution in [0.4, 0.5) is 0 Å². The molecule has 0 saturated carbocycles. The van der Waals surface area contributed by atoms with Gasteiger partial charge in [0, 0.05) is 5.39 Å². The van der Waals surface area contributed by atoms with E-state index in [2.05, 4.69) is 5.10 Å². The number of hydrogen-bond acceptors (Lipinski definition) is 3. The highest BCUT2D eigenvalue weighted by Gasteiger charge is 2.34. The van der Waals surface area contributed by atoms with Crippen molar-refractivity contribution in [2.75, 3.05) is 0 Å². The van der Waals surface area contributed by atoms with Crippen LogP contribution in [-0.2, 0) is 12.8 Å². The first-order valence-electron chi connectivity index (χ1n) is 8.29. The van der Waals surface area contributed by atoms with Crippen LogP contribution in [-0.4, -0.2) is 23.0 Å². The molecule has 5 rings (SSSR count). The third-order valence-corrected chi connectivity index (χ3v) is 4.96. The summed E-state index contributed by atoms with van der Waals surface area (Å²) in [7, 11) is 0. The normalized spacial score (nSPS) is 15.6. The number of hydrogen-bond donors (Lipinski definition) is 0. The van der Waals surface area contributed by atoms with Crippen LogP contribution in [0.3, 0.4) is 0 Å². The molecule has 2 amide bonds. The second-order valence-electron chi connectivity index (χ2n) is 6.37. The molecule has 0 aromatic heterocycles. The van der Waals surface area contributed by atoms with Gasteiger partial charge in [0.15, 0.2) is 0 Å². The number of amides is 2. The van der Waals surface area contributed by atoms with Gasteiger partial charge >= 0.3 is 0 Å². The number of carbonyl (C=O) groups is 2. The summed E-state index contributed by atoms with van der Waals surface area (Å²) in [5.74, 6) is -0.722. The third kappa shape index (κ3) is 1.97. The first-order valence-corrected chi connectivity index (χ1v) is 8.29. The van der Waals surface area contributed by atoms with E-state index in [1.807, 2.05) is 54.6 Å². The topological polar surface area (TPSA) is 49.7 Å². The van der Waals surface area contributed by atoms with Gasteiger partial charge < -0.3 is 0 Å². The van der Waals surface area contributed by atoms with Crippen LogP contribution in [0.5, 0.6) is 0 Å². The van der Waals surface area contributed by atoms with Crippen molar-refractivity contribution in [2.24, 2.45) is 5.10 Å². The van der Waals surface area contributed by atoms with E-state index < -0.39 is 0 Å². The van der Waals surface area contributed by atoms with Crippen LogP contribution in [0.15, 0.2) is 59.7 Å². The molecule has 0 fully saturated rings. The van der Waals surface area contributed by atoms with Crippen molar-refractivity contribution >= 4 is 28.8 Å². The fourth-order valence-electron chi connectivity index (χ4n) is 3.77. The first-order chi connectivity index (χ1) is 12.2. The average molecular weight is 326 g/mol. The van der Waals surface area contributed by atoms with Gasteiger partial charge in [0.1, 0.15) is 0 Å². The Labute approximate surface area is 144 Å². The Morgan fingerprint density at radius 2 is 1.36 bits per heavy atom. The molecule has 4 nitrogen and oxygen atoms in total. The van der Waals surface area contributed by atoms with Crippen molar-refractivity contribution < 1.29 is 9.59 Å². The molecule has 3 aromatic rings. The van der Waals surface area contributed by atoms with E-state index in [1.165, 1.54) is 11.1 Å². The lowest BCUT2D eigenvalue weighted by Crippen LogP contribution is -2.36. The van der Waals surface area contributed by atoms with Crippen molar-refractivity contribution in [3.8, 4) is 0 Å². The van der Waals surface area contributed by atoms with E-state index in [0.29, 0.717) is 11.1 Å². The van der Waals surface area contributed by atoms with E-state index in [-0.39, 0.29) is 11.8 Å². The van der Waals surface area contributed by atoms with Gasteiger partial charge in [0.05, 0.1) is 17.3 Å². The fourth-order valence-corrected chi connectivity index (χ4v) is 3.77. The van der Waals surface area contributed by atoms with Crippen LogP contribution >= 0.6 is 0 Å². The second kappa shape index (κ2) is 5.11. The largest absolute Gasteiger partial charge is 0.282 e. The zero-order valence-electron chi connectivity index (χ0n) is 13.4. The predicted octanol–water partition coefficient (Wildman–Crippen LogP) is 3.57. The lowest BCUT2D eigenvalue weighted by atomic mass is 9.92. The lowest BCUT2D eigenvalue weighted by molar-refractivity contribution is 0.0616. The van der Waals surface area contributed by atoms with Gasteiger partial charge in [-0.15, -0.1) is 0 Å². The van der Waals surface area contributed by atoms with Crippen molar-refractivity contribution in [1.29, 1.82) is 0 Å². The molecule has 0 radical (unpaired) electrons. The van der Waals surface area contributed by atoms with Gasteiger partial charge in [-0.3, -0.25) is 9.59 Å². The van der Waals surface area contributed by atoms with Crippen LogP contribution in [0.1, 0.15) is 37.4 Å². The number of rotatable bonds is 2. The number of carbonyl (C=O) groups excluding carboxylic acids is 2. The molecule has 2 aliphatic rings. The van der Waals surface area contributed by atoms with Crippen molar-refractivity contribution in [2.45, 2.75) is 12.8 Å². The molecule has 25 heavy (non-hydrogen) atoms. The molecule has 0 atom stereocenters. The molecule has 1 heterocycles. The Balaban J connectivity index is 1.66. The summed E-state index contributed by atoms with van der Waals surface area (Å²) < 4.78 is 0. The Morgan fingerprint density at radius 3 is 1.96 bits per heavy atom. The summed E-state index contributed by atoms with van der Waals surface area (Å²) in [5, 5.41) is 7.03. The second-order valence-corrected chi connectivity index (χ2v) is 6.37. The quantitative estimate of drug-likeness (QED) is 0.534. The van der Waals surface area contributed by atoms with Crippen LogP contribution in [0.25, 0.3) is 10.8 Å². The standard InChI is InChI=1S/C21H14N2O2/c24-20-16-10-8-14-6-7-15-9-11-17(19(16)18(14)15)21(25)23(20)22-12-13-4-2-1-3-5-13/h1-5,8-12H,6-7H2. The highest BCUT2D eigenvalue weighted by Crippen LogP contribution is 2.38. The highest BCUT2D eigenvalue weighted by molar-refractivity contribution is 6.26. The van der Waals surface area contributed by atoms with Gasteiger partial charge in [-0.2, -0.15) is 10.1 Å². The van der Waals surface area contributed by atoms with E-state index >= 15 is 0 Å². The third-order valence-electron chi connectivity index (χ3n) is 4.96. The maximum Gasteiger partial charge on any atom is 0.282 e. The molecule has 1 aliphatic heterocycles. The van der Waals surface area contributed by atoms with Crippen molar-refractivity contribution in [3.05, 3.63) is 82.4 Å². The summed E-state index contributed by atoms with van der Waals surface area (Å²) in [6.45, 7) is 0. The molecule has 4 heteroatoms. The lowest BCUT2D eigenvalue weighted by Gasteiger charge is -2.23. The Kier molecular flexibility index (Phi) is 2.88. The SMILES string of the molecule is O=C1c2ccc3c4c(ccc(c24)C(=O)N1N=Cc1ccccc1)CC3. The Morgan fingerprint density at radius 1 is 0.760 bits per heavy atom. The van der Waals surface area contributed by atoms with E-state index in [9.17, 15) is 9.59 Å². The van der Waals surface area contributed by atoms with Crippen LogP contribution in [0.2, 0.25) is 0 Å². The molecule has 3 aromatic carbocycles. The first kappa shape index (κ1) is 14.1. The highest BCUT2D eigenvalue weighted by atomic mass is 16.2. The van der Waals surface area contributed by atoms with Gasteiger partial charge in [-0.1, -0.05) is 42.5 Å². The number of benzene rings is 3. The van der Waals surface area contributed by atoms with E-state index in [1.54, 1.807) is 6.21 Å². The Bertz CT molecular complexity index is 1030. The van der Waals surface area contributed by atoms with E-state index in [0.717, 1.165) is 34.2 Å². The number of hydrazone groups is 1. The van der Waals surface area contributed by atoms with Crippen LogP contribution in [0, 0.1) is 0 Å². The number of imide groups is 1. The predicted molar refractivity (Wildman–Crippen MR) is 95.9 cm³/mol. The average Bonchev–Trinajstić information content (AvgIpc) is 3.07. The van der Waals surface area contributed by atoms with Gasteiger partial charge in [-0.25, -0.2) is 0 Å². The monoisotopic (exact) mass is 326 g/mol. The molecule has 0 N–H and O–H groups in total. The van der Waals surface area contributed by atoms with E-state index in [4.69, 9.17) is 0 Å². The van der Waals surface area contributed by atoms with Gasteiger partial charge in [0.2, 0.25) is 0 Å². The fraction of sp³-hybridized carbons (Fsp3) is 0.0952. The molecule has 0 bridgehead atoms. The minimum Gasteiger partial charge on any atom is -0.267 e. The zero-order valence-corrected chi connectivity index (χ0v) is 13.4. The minimum atomic E-state index is -0.361. The van der Waals surface area contributed by atoms with Gasteiger partial charge in [0.25, 0.3) is 11.8 Å². The molecule has 1 aliphatic carbocycles. The molecule has 0 spiro atoms. The molecular formula is C21H14N2O2. The van der Waals surface area contributed by atoms with Crippen LogP contribution < -0.4 is 0 Å². The molecule has 120 valence electrons. The molecule has 0 saturated heterocycles. The maximum absolute atomic E-state index is 12.9. The zero-order chi connectivity index (χ0) is 17.0. The summed E-state index contributed by atoms with van der Waals surface area (Å²) in [6.07, 6.45) is 3.47. The van der Waals surface area contributed by atoms with Crippen molar-refractivity contribution in [1.82, 2.24) is 5.01 Å². The number of aryl methyl sites for hydroxylation is 2. The molecular weight excluding hydrogens is 312 g/mol. The molecule has 0 unspecified atom stereocenters. The number of nitrogens with zero attached hydrogens (tertiary/aromatic N) is 2. The Hall–Kier alpha value is -3.27. The summed E-state index contributed by atoms with van der Waals surface area (Å²) >= 11 is 0. The summed E-state index contributed by atoms with van der Waals surface area (Å²) in [4.78, 5) is 25.7. The summed E-state index contributed by atoms with van der Waals surface area (Å²) in [5.41, 5.74) is 4.39. The smallest absolute Gasteiger partial charge is 0.267 e. The minimum absolute atomic E-state index is 0.361. The van der Waals surface area contributed by atoms with Crippen molar-refractivity contribution in [3.63, 3.8) is 0 Å².